The summed E-state index contributed by atoms with van der Waals surface area (Å²) in [6.45, 7) is 0. The first-order valence-electron chi connectivity index (χ1n) is 5.50. The first kappa shape index (κ1) is 15.1. The number of rotatable bonds is 3. The number of hydrogen-bond donors (Lipinski definition) is 1. The van der Waals surface area contributed by atoms with Gasteiger partial charge in [0.1, 0.15) is 5.75 Å². The average Bonchev–Trinajstić information content (AvgIpc) is 2.37. The fourth-order valence-corrected chi connectivity index (χ4v) is 2.85. The number of nitrogen functional groups attached to an aromatic ring is 1. The van der Waals surface area contributed by atoms with Gasteiger partial charge in [-0.1, -0.05) is 6.07 Å². The second-order valence-corrected chi connectivity index (χ2v) is 5.93. The third kappa shape index (κ3) is 3.63. The zero-order valence-electron chi connectivity index (χ0n) is 10.3. The fraction of sp³-hybridized carbons (Fsp3) is 0.0833. The molecule has 0 fully saturated rings. The number of nitrogens with two attached hydrogens (primary N) is 1. The topological polar surface area (TPSA) is 82.3 Å². The van der Waals surface area contributed by atoms with Gasteiger partial charge < -0.3 is 10.5 Å². The van der Waals surface area contributed by atoms with Crippen LogP contribution in [0.4, 0.5) is 18.9 Å². The van der Waals surface area contributed by atoms with Gasteiger partial charge in [0.05, 0.1) is 15.5 Å². The lowest BCUT2D eigenvalue weighted by Crippen LogP contribution is -2.17. The molecule has 2 N–H and O–H groups in total. The second-order valence-electron chi connectivity index (χ2n) is 3.98. The lowest BCUT2D eigenvalue weighted by Gasteiger charge is -2.10. The van der Waals surface area contributed by atoms with Crippen molar-refractivity contribution in [3.05, 3.63) is 42.7 Å². The van der Waals surface area contributed by atoms with Crippen molar-refractivity contribution in [1.29, 1.82) is 0 Å². The maximum absolute atomic E-state index is 12.3. The molecule has 1 heterocycles. The summed E-state index contributed by atoms with van der Waals surface area (Å²) >= 11 is 0. The largest absolute Gasteiger partial charge is 0.573 e. The summed E-state index contributed by atoms with van der Waals surface area (Å²) in [6.07, 6.45) is -2.59. The predicted molar refractivity (Wildman–Crippen MR) is 67.2 cm³/mol. The van der Waals surface area contributed by atoms with Gasteiger partial charge in [0.25, 0.3) is 0 Å². The van der Waals surface area contributed by atoms with E-state index in [0.717, 1.165) is 30.5 Å². The van der Waals surface area contributed by atoms with E-state index in [1.165, 1.54) is 12.3 Å². The number of hydrogen-bond acceptors (Lipinski definition) is 5. The molecule has 2 aromatic rings. The summed E-state index contributed by atoms with van der Waals surface area (Å²) in [5, 5.41) is 0. The van der Waals surface area contributed by atoms with Crippen LogP contribution in [0.25, 0.3) is 0 Å². The molecule has 0 spiro atoms. The number of halogens is 3. The molecular weight excluding hydrogens is 309 g/mol. The number of sulfone groups is 1. The van der Waals surface area contributed by atoms with E-state index in [0.29, 0.717) is 0 Å². The van der Waals surface area contributed by atoms with Gasteiger partial charge in [-0.2, -0.15) is 0 Å². The minimum Gasteiger partial charge on any atom is -0.406 e. The molecule has 0 aliphatic heterocycles. The molecule has 5 nitrogen and oxygen atoms in total. The SMILES string of the molecule is Nc1cncc(S(=O)(=O)c2cccc(OC(F)(F)F)c2)c1. The smallest absolute Gasteiger partial charge is 0.406 e. The Morgan fingerprint density at radius 3 is 2.43 bits per heavy atom. The number of pyridine rings is 1. The van der Waals surface area contributed by atoms with E-state index in [2.05, 4.69) is 9.72 Å². The molecule has 9 heteroatoms. The van der Waals surface area contributed by atoms with Crippen LogP contribution in [-0.2, 0) is 9.84 Å². The molecule has 0 aliphatic carbocycles. The first-order valence-corrected chi connectivity index (χ1v) is 6.98. The van der Waals surface area contributed by atoms with Gasteiger partial charge in [0.15, 0.2) is 0 Å². The predicted octanol–water partition coefficient (Wildman–Crippen LogP) is 2.40. The molecule has 112 valence electrons. The highest BCUT2D eigenvalue weighted by atomic mass is 32.2. The zero-order chi connectivity index (χ0) is 15.7. The monoisotopic (exact) mass is 318 g/mol. The Bertz CT molecular complexity index is 760. The molecule has 21 heavy (non-hydrogen) atoms. The molecule has 0 unspecified atom stereocenters. The minimum absolute atomic E-state index is 0.124. The first-order chi connectivity index (χ1) is 9.68. The number of anilines is 1. The molecule has 0 radical (unpaired) electrons. The molecule has 0 saturated heterocycles. The zero-order valence-corrected chi connectivity index (χ0v) is 11.1. The van der Waals surface area contributed by atoms with Crippen LogP contribution in [0.15, 0.2) is 52.5 Å². The lowest BCUT2D eigenvalue weighted by molar-refractivity contribution is -0.274. The van der Waals surface area contributed by atoms with Gasteiger partial charge in [-0.15, -0.1) is 13.2 Å². The Kier molecular flexibility index (Phi) is 3.77. The molecule has 1 aromatic carbocycles. The van der Waals surface area contributed by atoms with E-state index in [-0.39, 0.29) is 15.5 Å². The second kappa shape index (κ2) is 5.24. The van der Waals surface area contributed by atoms with Crippen LogP contribution < -0.4 is 10.5 Å². The van der Waals surface area contributed by atoms with Crippen LogP contribution >= 0.6 is 0 Å². The molecule has 0 amide bonds. The molecule has 0 bridgehead atoms. The van der Waals surface area contributed by atoms with Crippen LogP contribution in [0.1, 0.15) is 0 Å². The number of ether oxygens (including phenoxy) is 1. The number of nitrogens with zero attached hydrogens (tertiary/aromatic N) is 1. The van der Waals surface area contributed by atoms with Crippen LogP contribution in [0.3, 0.4) is 0 Å². The highest BCUT2D eigenvalue weighted by Gasteiger charge is 2.31. The van der Waals surface area contributed by atoms with Crippen LogP contribution in [-0.4, -0.2) is 19.8 Å². The molecule has 0 aliphatic rings. The van der Waals surface area contributed by atoms with Crippen LogP contribution in [0, 0.1) is 0 Å². The average molecular weight is 318 g/mol. The Morgan fingerprint density at radius 1 is 1.10 bits per heavy atom. The van der Waals surface area contributed by atoms with Gasteiger partial charge in [-0.05, 0) is 24.3 Å². The normalized spacial score (nSPS) is 12.1. The van der Waals surface area contributed by atoms with E-state index in [1.807, 2.05) is 0 Å². The minimum atomic E-state index is -4.90. The third-order valence-electron chi connectivity index (χ3n) is 2.39. The van der Waals surface area contributed by atoms with Crippen molar-refractivity contribution in [2.75, 3.05) is 5.73 Å². The van der Waals surface area contributed by atoms with Crippen LogP contribution in [0.2, 0.25) is 0 Å². The van der Waals surface area contributed by atoms with Crippen molar-refractivity contribution in [2.45, 2.75) is 16.2 Å². The Hall–Kier alpha value is -2.29. The van der Waals surface area contributed by atoms with Crippen molar-refractivity contribution in [2.24, 2.45) is 0 Å². The van der Waals surface area contributed by atoms with Crippen LogP contribution in [0.5, 0.6) is 5.75 Å². The maximum atomic E-state index is 12.3. The molecule has 1 aromatic heterocycles. The fourth-order valence-electron chi connectivity index (χ4n) is 1.56. The van der Waals surface area contributed by atoms with E-state index in [9.17, 15) is 21.6 Å². The molecule has 0 atom stereocenters. The van der Waals surface area contributed by atoms with Crippen molar-refractivity contribution >= 4 is 15.5 Å². The van der Waals surface area contributed by atoms with Gasteiger partial charge in [-0.25, -0.2) is 8.42 Å². The Balaban J connectivity index is 2.44. The standard InChI is InChI=1S/C12H9F3N2O3S/c13-12(14,15)20-9-2-1-3-10(5-9)21(18,19)11-4-8(16)6-17-7-11/h1-7H,16H2. The van der Waals surface area contributed by atoms with Gasteiger partial charge in [0, 0.05) is 12.4 Å². The number of aromatic nitrogens is 1. The molecule has 2 rings (SSSR count). The van der Waals surface area contributed by atoms with Gasteiger partial charge in [-0.3, -0.25) is 4.98 Å². The summed E-state index contributed by atoms with van der Waals surface area (Å²) in [6, 6.07) is 5.26. The van der Waals surface area contributed by atoms with E-state index in [4.69, 9.17) is 5.73 Å². The lowest BCUT2D eigenvalue weighted by atomic mass is 10.3. The summed E-state index contributed by atoms with van der Waals surface area (Å²) in [7, 11) is -4.03. The summed E-state index contributed by atoms with van der Waals surface area (Å²) < 4.78 is 64.7. The van der Waals surface area contributed by atoms with Gasteiger partial charge in [0.2, 0.25) is 9.84 Å². The number of alkyl halides is 3. The van der Waals surface area contributed by atoms with E-state index < -0.39 is 21.9 Å². The van der Waals surface area contributed by atoms with E-state index in [1.54, 1.807) is 0 Å². The summed E-state index contributed by atoms with van der Waals surface area (Å²) in [5.74, 6) is -0.625. The molecular formula is C12H9F3N2O3S. The molecule has 0 saturated carbocycles. The van der Waals surface area contributed by atoms with Crippen molar-refractivity contribution in [3.8, 4) is 5.75 Å². The highest BCUT2D eigenvalue weighted by molar-refractivity contribution is 7.91. The summed E-state index contributed by atoms with van der Waals surface area (Å²) in [4.78, 5) is 3.08. The quantitative estimate of drug-likeness (QED) is 0.939. The Morgan fingerprint density at radius 2 is 1.81 bits per heavy atom. The van der Waals surface area contributed by atoms with Gasteiger partial charge >= 0.3 is 6.36 Å². The van der Waals surface area contributed by atoms with E-state index >= 15 is 0 Å². The highest BCUT2D eigenvalue weighted by Crippen LogP contribution is 2.28. The maximum Gasteiger partial charge on any atom is 0.573 e. The van der Waals surface area contributed by atoms with Crippen molar-refractivity contribution in [1.82, 2.24) is 4.98 Å². The van der Waals surface area contributed by atoms with Crippen molar-refractivity contribution in [3.63, 3.8) is 0 Å². The third-order valence-corrected chi connectivity index (χ3v) is 4.11. The van der Waals surface area contributed by atoms with Crippen molar-refractivity contribution < 1.29 is 26.3 Å². The Labute approximate surface area is 118 Å². The summed E-state index contributed by atoms with van der Waals surface area (Å²) in [5.41, 5.74) is 5.57. The number of benzene rings is 1.